The molecule has 1 aromatic carbocycles. The highest BCUT2D eigenvalue weighted by atomic mass is 16.5. The van der Waals surface area contributed by atoms with Crippen LogP contribution in [0.1, 0.15) is 65.7 Å². The highest BCUT2D eigenvalue weighted by Crippen LogP contribution is 2.64. The molecule has 0 saturated carbocycles. The number of likely N-dealkylation sites (tertiary alicyclic amines) is 1. The van der Waals surface area contributed by atoms with Gasteiger partial charge in [-0.25, -0.2) is 0 Å². The van der Waals surface area contributed by atoms with Gasteiger partial charge in [0.25, 0.3) is 0 Å². The number of hydrogen-bond acceptors (Lipinski definition) is 6. The number of hydrogen-bond donors (Lipinski definition) is 3. The predicted octanol–water partition coefficient (Wildman–Crippen LogP) is 2.92. The first-order chi connectivity index (χ1) is 18.3. The molecule has 210 valence electrons. The summed E-state index contributed by atoms with van der Waals surface area (Å²) in [5, 5.41) is 14.9. The standard InChI is InChI=1S/C29H44N4O5/c1-5-28-16-17-29(38-28)23(22(28)25(35)30-4)27(37)33(18-10-8-9-11-19-34)24(29)26(36)31-20-12-14-21(15-13-20)32(6-2)7-3/h12-15,22-24,34H,5-11,16-19H2,1-4H3,(H,30,35)(H,31,36)/t22-,23-,24?,28+,29?/m0/s1. The second-order valence-electron chi connectivity index (χ2n) is 10.8. The molecule has 0 aromatic heterocycles. The smallest absolute Gasteiger partial charge is 0.250 e. The summed E-state index contributed by atoms with van der Waals surface area (Å²) in [6, 6.07) is 6.97. The van der Waals surface area contributed by atoms with E-state index in [2.05, 4.69) is 29.4 Å². The number of carbonyl (C=O) groups is 3. The van der Waals surface area contributed by atoms with E-state index in [0.717, 1.165) is 44.5 Å². The number of unbranched alkanes of at least 4 members (excludes halogenated alkanes) is 3. The average Bonchev–Trinajstić information content (AvgIpc) is 3.53. The SMILES string of the molecule is CCN(CC)c1ccc(NC(=O)C2N(CCCCCCO)C(=O)[C@@H]3[C@@H](C(=O)NC)[C@@]4(CC)CCC23O4)cc1. The molecule has 3 N–H and O–H groups in total. The molecular weight excluding hydrogens is 484 g/mol. The van der Waals surface area contributed by atoms with E-state index in [0.29, 0.717) is 31.5 Å². The number of carbonyl (C=O) groups excluding carboxylic acids is 3. The lowest BCUT2D eigenvalue weighted by atomic mass is 9.65. The molecule has 3 heterocycles. The van der Waals surface area contributed by atoms with Gasteiger partial charge in [-0.1, -0.05) is 19.8 Å². The number of nitrogens with one attached hydrogen (secondary N) is 2. The molecule has 2 bridgehead atoms. The number of anilines is 2. The van der Waals surface area contributed by atoms with Crippen LogP contribution in [0.2, 0.25) is 0 Å². The van der Waals surface area contributed by atoms with Gasteiger partial charge in [0.15, 0.2) is 0 Å². The van der Waals surface area contributed by atoms with Crippen molar-refractivity contribution in [2.24, 2.45) is 11.8 Å². The topological polar surface area (TPSA) is 111 Å². The lowest BCUT2D eigenvalue weighted by Gasteiger charge is -2.33. The van der Waals surface area contributed by atoms with Crippen molar-refractivity contribution >= 4 is 29.1 Å². The Morgan fingerprint density at radius 2 is 1.74 bits per heavy atom. The quantitative estimate of drug-likeness (QED) is 0.340. The number of amides is 3. The van der Waals surface area contributed by atoms with Crippen molar-refractivity contribution in [3.8, 4) is 0 Å². The maximum Gasteiger partial charge on any atom is 0.250 e. The zero-order valence-corrected chi connectivity index (χ0v) is 23.3. The largest absolute Gasteiger partial charge is 0.396 e. The van der Waals surface area contributed by atoms with Crippen molar-refractivity contribution in [1.29, 1.82) is 0 Å². The van der Waals surface area contributed by atoms with Crippen LogP contribution in [0.3, 0.4) is 0 Å². The van der Waals surface area contributed by atoms with E-state index < -0.39 is 29.1 Å². The molecule has 1 aromatic rings. The maximum atomic E-state index is 14.0. The first kappa shape index (κ1) is 28.4. The Kier molecular flexibility index (Phi) is 8.67. The number of nitrogens with zero attached hydrogens (tertiary/aromatic N) is 2. The molecule has 0 aliphatic carbocycles. The van der Waals surface area contributed by atoms with E-state index >= 15 is 0 Å². The lowest BCUT2D eigenvalue weighted by molar-refractivity contribution is -0.145. The zero-order chi connectivity index (χ0) is 27.5. The molecule has 0 radical (unpaired) electrons. The molecule has 5 atom stereocenters. The predicted molar refractivity (Wildman–Crippen MR) is 147 cm³/mol. The van der Waals surface area contributed by atoms with Crippen molar-refractivity contribution in [2.75, 3.05) is 43.5 Å². The Labute approximate surface area is 226 Å². The van der Waals surface area contributed by atoms with Gasteiger partial charge >= 0.3 is 0 Å². The zero-order valence-electron chi connectivity index (χ0n) is 23.3. The van der Waals surface area contributed by atoms with E-state index in [-0.39, 0.29) is 24.3 Å². The van der Waals surface area contributed by atoms with Crippen molar-refractivity contribution in [3.63, 3.8) is 0 Å². The van der Waals surface area contributed by atoms with Crippen molar-refractivity contribution < 1.29 is 24.2 Å². The summed E-state index contributed by atoms with van der Waals surface area (Å²) in [4.78, 5) is 45.0. The van der Waals surface area contributed by atoms with E-state index in [1.165, 1.54) is 0 Å². The van der Waals surface area contributed by atoms with Gasteiger partial charge in [-0.15, -0.1) is 0 Å². The van der Waals surface area contributed by atoms with Crippen LogP contribution < -0.4 is 15.5 Å². The van der Waals surface area contributed by atoms with Crippen LogP contribution in [0, 0.1) is 11.8 Å². The van der Waals surface area contributed by atoms with Gasteiger partial charge in [0, 0.05) is 44.7 Å². The summed E-state index contributed by atoms with van der Waals surface area (Å²) in [5.41, 5.74) is 0.0167. The second-order valence-corrected chi connectivity index (χ2v) is 10.8. The molecule has 3 amide bonds. The number of aliphatic hydroxyl groups excluding tert-OH is 1. The minimum atomic E-state index is -1.01. The Hall–Kier alpha value is -2.65. The summed E-state index contributed by atoms with van der Waals surface area (Å²) in [7, 11) is 1.59. The number of aliphatic hydroxyl groups is 1. The van der Waals surface area contributed by atoms with Gasteiger partial charge in [-0.05, 0) is 70.2 Å². The minimum Gasteiger partial charge on any atom is -0.396 e. The Bertz CT molecular complexity index is 1010. The maximum absolute atomic E-state index is 14.0. The molecule has 3 aliphatic rings. The fraction of sp³-hybridized carbons (Fsp3) is 0.690. The van der Waals surface area contributed by atoms with Crippen LogP contribution in [0.4, 0.5) is 11.4 Å². The van der Waals surface area contributed by atoms with Gasteiger partial charge in [-0.3, -0.25) is 14.4 Å². The van der Waals surface area contributed by atoms with Crippen molar-refractivity contribution in [2.45, 2.75) is 83.0 Å². The molecule has 1 spiro atoms. The fourth-order valence-corrected chi connectivity index (χ4v) is 7.12. The highest BCUT2D eigenvalue weighted by molar-refractivity contribution is 6.03. The Morgan fingerprint density at radius 1 is 1.05 bits per heavy atom. The van der Waals surface area contributed by atoms with Gasteiger partial charge in [0.05, 0.1) is 17.4 Å². The first-order valence-electron chi connectivity index (χ1n) is 14.3. The lowest BCUT2D eigenvalue weighted by Crippen LogP contribution is -2.53. The molecule has 3 saturated heterocycles. The fourth-order valence-electron chi connectivity index (χ4n) is 7.12. The van der Waals surface area contributed by atoms with Crippen LogP contribution in [-0.4, -0.2) is 78.3 Å². The number of ether oxygens (including phenoxy) is 1. The van der Waals surface area contributed by atoms with Crippen LogP contribution in [-0.2, 0) is 19.1 Å². The minimum absolute atomic E-state index is 0.146. The highest BCUT2D eigenvalue weighted by Gasteiger charge is 2.78. The Morgan fingerprint density at radius 3 is 2.34 bits per heavy atom. The van der Waals surface area contributed by atoms with Crippen LogP contribution in [0.25, 0.3) is 0 Å². The molecule has 3 fully saturated rings. The number of fused-ring (bicyclic) bond motifs is 1. The number of rotatable bonds is 13. The van der Waals surface area contributed by atoms with Crippen molar-refractivity contribution in [3.05, 3.63) is 24.3 Å². The molecular formula is C29H44N4O5. The third kappa shape index (κ3) is 4.68. The third-order valence-electron chi connectivity index (χ3n) is 9.03. The summed E-state index contributed by atoms with van der Waals surface area (Å²) in [6.45, 7) is 8.56. The summed E-state index contributed by atoms with van der Waals surface area (Å²) < 4.78 is 6.73. The van der Waals surface area contributed by atoms with Crippen LogP contribution >= 0.6 is 0 Å². The van der Waals surface area contributed by atoms with Crippen LogP contribution in [0.5, 0.6) is 0 Å². The second kappa shape index (κ2) is 11.6. The van der Waals surface area contributed by atoms with Gasteiger partial charge < -0.3 is 30.3 Å². The molecule has 4 rings (SSSR count). The van der Waals surface area contributed by atoms with E-state index in [1.807, 2.05) is 31.2 Å². The van der Waals surface area contributed by atoms with E-state index in [9.17, 15) is 14.4 Å². The van der Waals surface area contributed by atoms with Gasteiger partial charge in [0.2, 0.25) is 17.7 Å². The molecule has 2 unspecified atom stereocenters. The summed E-state index contributed by atoms with van der Waals surface area (Å²) >= 11 is 0. The van der Waals surface area contributed by atoms with Gasteiger partial charge in [0.1, 0.15) is 11.6 Å². The Balaban J connectivity index is 1.63. The van der Waals surface area contributed by atoms with Crippen molar-refractivity contribution in [1.82, 2.24) is 10.2 Å². The molecule has 9 heteroatoms. The van der Waals surface area contributed by atoms with E-state index in [4.69, 9.17) is 9.84 Å². The summed E-state index contributed by atoms with van der Waals surface area (Å²) in [5.74, 6) is -1.90. The van der Waals surface area contributed by atoms with Gasteiger partial charge in [-0.2, -0.15) is 0 Å². The normalized spacial score (nSPS) is 29.4. The summed E-state index contributed by atoms with van der Waals surface area (Å²) in [6.07, 6.45) is 4.98. The number of benzene rings is 1. The average molecular weight is 529 g/mol. The monoisotopic (exact) mass is 528 g/mol. The molecule has 9 nitrogen and oxygen atoms in total. The molecule has 3 aliphatic heterocycles. The van der Waals surface area contributed by atoms with Crippen LogP contribution in [0.15, 0.2) is 24.3 Å². The van der Waals surface area contributed by atoms with E-state index in [1.54, 1.807) is 11.9 Å². The third-order valence-corrected chi connectivity index (χ3v) is 9.03. The molecule has 38 heavy (non-hydrogen) atoms. The first-order valence-corrected chi connectivity index (χ1v) is 14.3.